The van der Waals surface area contributed by atoms with Crippen LogP contribution in [0.15, 0.2) is 44.9 Å². The summed E-state index contributed by atoms with van der Waals surface area (Å²) in [6.45, 7) is 0. The fraction of sp³-hybridized carbons (Fsp3) is 0.167. The molecule has 0 radical (unpaired) electrons. The fourth-order valence-corrected chi connectivity index (χ4v) is 2.67. The molecule has 18 heavy (non-hydrogen) atoms. The molecule has 0 saturated heterocycles. The van der Waals surface area contributed by atoms with Crippen molar-refractivity contribution in [2.75, 3.05) is 7.11 Å². The van der Waals surface area contributed by atoms with Crippen molar-refractivity contribution in [1.82, 2.24) is 9.97 Å². The van der Waals surface area contributed by atoms with E-state index in [1.165, 1.54) is 24.0 Å². The Morgan fingerprint density at radius 1 is 1.44 bits per heavy atom. The molecule has 0 aliphatic heterocycles. The number of halogens is 1. The van der Waals surface area contributed by atoms with Gasteiger partial charge in [0, 0.05) is 28.1 Å². The van der Waals surface area contributed by atoms with Gasteiger partial charge < -0.3 is 9.72 Å². The maximum atomic E-state index is 11.1. The van der Waals surface area contributed by atoms with Crippen LogP contribution in [-0.4, -0.2) is 17.1 Å². The third kappa shape index (κ3) is 3.36. The Morgan fingerprint density at radius 3 is 3.00 bits per heavy atom. The Balaban J connectivity index is 2.15. The van der Waals surface area contributed by atoms with E-state index in [0.29, 0.717) is 10.9 Å². The highest BCUT2D eigenvalue weighted by Gasteiger charge is 2.05. The molecule has 0 unspecified atom stereocenters. The fourth-order valence-electron chi connectivity index (χ4n) is 1.43. The predicted octanol–water partition coefficient (Wildman–Crippen LogP) is 2.83. The maximum Gasteiger partial charge on any atom is 0.251 e. The number of hydrogen-bond acceptors (Lipinski definition) is 4. The zero-order valence-corrected chi connectivity index (χ0v) is 12.0. The summed E-state index contributed by atoms with van der Waals surface area (Å²) in [5, 5.41) is 0.601. The molecule has 6 heteroatoms. The van der Waals surface area contributed by atoms with Crippen molar-refractivity contribution in [3.05, 3.63) is 50.9 Å². The van der Waals surface area contributed by atoms with Gasteiger partial charge >= 0.3 is 0 Å². The lowest BCUT2D eigenvalue weighted by Gasteiger charge is -2.08. The van der Waals surface area contributed by atoms with Gasteiger partial charge in [-0.2, -0.15) is 0 Å². The minimum Gasteiger partial charge on any atom is -0.496 e. The summed E-state index contributed by atoms with van der Waals surface area (Å²) >= 11 is 4.88. The molecule has 1 heterocycles. The van der Waals surface area contributed by atoms with Crippen LogP contribution in [0.5, 0.6) is 5.75 Å². The number of thioether (sulfide) groups is 1. The van der Waals surface area contributed by atoms with Crippen LogP contribution in [0.25, 0.3) is 0 Å². The largest absolute Gasteiger partial charge is 0.496 e. The van der Waals surface area contributed by atoms with E-state index in [1.54, 1.807) is 7.11 Å². The minimum absolute atomic E-state index is 0.145. The van der Waals surface area contributed by atoms with Crippen molar-refractivity contribution < 1.29 is 4.74 Å². The van der Waals surface area contributed by atoms with Gasteiger partial charge in [-0.1, -0.05) is 27.7 Å². The van der Waals surface area contributed by atoms with Gasteiger partial charge in [0.05, 0.1) is 7.11 Å². The van der Waals surface area contributed by atoms with Gasteiger partial charge in [0.1, 0.15) is 5.75 Å². The van der Waals surface area contributed by atoms with Crippen LogP contribution in [0.1, 0.15) is 5.56 Å². The van der Waals surface area contributed by atoms with Crippen LogP contribution in [0, 0.1) is 0 Å². The molecule has 0 atom stereocenters. The average Bonchev–Trinajstić information content (AvgIpc) is 2.37. The van der Waals surface area contributed by atoms with Crippen LogP contribution in [0.4, 0.5) is 0 Å². The van der Waals surface area contributed by atoms with Crippen molar-refractivity contribution in [3.63, 3.8) is 0 Å². The van der Waals surface area contributed by atoms with E-state index >= 15 is 0 Å². The van der Waals surface area contributed by atoms with E-state index in [4.69, 9.17) is 4.74 Å². The molecule has 0 saturated carbocycles. The van der Waals surface area contributed by atoms with Crippen molar-refractivity contribution in [2.24, 2.45) is 0 Å². The molecule has 0 aliphatic carbocycles. The number of nitrogens with zero attached hydrogens (tertiary/aromatic N) is 1. The molecule has 94 valence electrons. The number of H-pyrrole nitrogens is 1. The Hall–Kier alpha value is -1.27. The first kappa shape index (κ1) is 13.2. The zero-order valence-electron chi connectivity index (χ0n) is 9.64. The number of ether oxygens (including phenoxy) is 1. The SMILES string of the molecule is COc1ccc(Br)cc1CSc1nccc(=O)[nH]1. The third-order valence-electron chi connectivity index (χ3n) is 2.25. The van der Waals surface area contributed by atoms with Crippen LogP contribution in [-0.2, 0) is 5.75 Å². The second-order valence-corrected chi connectivity index (χ2v) is 5.36. The summed E-state index contributed by atoms with van der Waals surface area (Å²) in [5.41, 5.74) is 0.900. The van der Waals surface area contributed by atoms with Crippen LogP contribution in [0.2, 0.25) is 0 Å². The van der Waals surface area contributed by atoms with Crippen molar-refractivity contribution in [1.29, 1.82) is 0 Å². The second kappa shape index (κ2) is 6.06. The van der Waals surface area contributed by atoms with E-state index < -0.39 is 0 Å². The van der Waals surface area contributed by atoms with Gasteiger partial charge in [-0.15, -0.1) is 0 Å². The number of aromatic amines is 1. The Morgan fingerprint density at radius 2 is 2.28 bits per heavy atom. The molecule has 1 aromatic heterocycles. The number of benzene rings is 1. The van der Waals surface area contributed by atoms with Crippen LogP contribution in [0.3, 0.4) is 0 Å². The van der Waals surface area contributed by atoms with Gasteiger partial charge in [0.25, 0.3) is 5.56 Å². The first-order valence-electron chi connectivity index (χ1n) is 5.19. The van der Waals surface area contributed by atoms with Gasteiger partial charge in [-0.3, -0.25) is 4.79 Å². The average molecular weight is 327 g/mol. The smallest absolute Gasteiger partial charge is 0.251 e. The van der Waals surface area contributed by atoms with E-state index in [1.807, 2.05) is 18.2 Å². The molecule has 0 bridgehead atoms. The van der Waals surface area contributed by atoms with Crippen LogP contribution < -0.4 is 10.3 Å². The van der Waals surface area contributed by atoms with Crippen molar-refractivity contribution in [2.45, 2.75) is 10.9 Å². The summed E-state index contributed by atoms with van der Waals surface area (Å²) in [5.74, 6) is 1.50. The number of hydrogen-bond donors (Lipinski definition) is 1. The third-order valence-corrected chi connectivity index (χ3v) is 3.68. The lowest BCUT2D eigenvalue weighted by Crippen LogP contribution is -2.05. The quantitative estimate of drug-likeness (QED) is 0.693. The Labute approximate surface area is 117 Å². The summed E-state index contributed by atoms with van der Waals surface area (Å²) in [4.78, 5) is 17.9. The number of aromatic nitrogens is 2. The highest BCUT2D eigenvalue weighted by Crippen LogP contribution is 2.28. The molecule has 2 rings (SSSR count). The molecule has 0 fully saturated rings. The summed E-state index contributed by atoms with van der Waals surface area (Å²) in [6.07, 6.45) is 1.50. The summed E-state index contributed by atoms with van der Waals surface area (Å²) < 4.78 is 6.28. The van der Waals surface area contributed by atoms with Gasteiger partial charge in [-0.05, 0) is 18.2 Å². The van der Waals surface area contributed by atoms with Crippen molar-refractivity contribution in [3.8, 4) is 5.75 Å². The predicted molar refractivity (Wildman–Crippen MR) is 75.1 cm³/mol. The van der Waals surface area contributed by atoms with E-state index in [-0.39, 0.29) is 5.56 Å². The highest BCUT2D eigenvalue weighted by molar-refractivity contribution is 9.10. The lowest BCUT2D eigenvalue weighted by molar-refractivity contribution is 0.411. The van der Waals surface area contributed by atoms with Gasteiger partial charge in [0.2, 0.25) is 0 Å². The summed E-state index contributed by atoms with van der Waals surface area (Å²) in [7, 11) is 1.64. The molecule has 1 N–H and O–H groups in total. The maximum absolute atomic E-state index is 11.1. The lowest BCUT2D eigenvalue weighted by atomic mass is 10.2. The first-order chi connectivity index (χ1) is 8.69. The zero-order chi connectivity index (χ0) is 13.0. The van der Waals surface area contributed by atoms with Gasteiger partial charge in [-0.25, -0.2) is 4.98 Å². The normalized spacial score (nSPS) is 10.3. The molecule has 4 nitrogen and oxygen atoms in total. The van der Waals surface area contributed by atoms with E-state index in [9.17, 15) is 4.79 Å². The second-order valence-electron chi connectivity index (χ2n) is 3.48. The molecule has 1 aromatic carbocycles. The minimum atomic E-state index is -0.145. The number of nitrogens with one attached hydrogen (secondary N) is 1. The summed E-state index contributed by atoms with van der Waals surface area (Å²) in [6, 6.07) is 7.22. The van der Waals surface area contributed by atoms with E-state index in [2.05, 4.69) is 25.9 Å². The Bertz CT molecular complexity index is 601. The van der Waals surface area contributed by atoms with Gasteiger partial charge in [0.15, 0.2) is 5.16 Å². The molecule has 0 amide bonds. The number of methoxy groups -OCH3 is 1. The molecule has 0 spiro atoms. The molecule has 0 aliphatic rings. The molecule has 2 aromatic rings. The topological polar surface area (TPSA) is 55.0 Å². The van der Waals surface area contributed by atoms with E-state index in [0.717, 1.165) is 15.8 Å². The number of rotatable bonds is 4. The first-order valence-corrected chi connectivity index (χ1v) is 6.97. The highest BCUT2D eigenvalue weighted by atomic mass is 79.9. The Kier molecular flexibility index (Phi) is 4.43. The van der Waals surface area contributed by atoms with Crippen molar-refractivity contribution >= 4 is 27.7 Å². The van der Waals surface area contributed by atoms with Crippen LogP contribution >= 0.6 is 27.7 Å². The molecular formula is C12H11BrN2O2S. The standard InChI is InChI=1S/C12H11BrN2O2S/c1-17-10-3-2-9(13)6-8(10)7-18-12-14-5-4-11(16)15-12/h2-6H,7H2,1H3,(H,14,15,16). The molecular weight excluding hydrogens is 316 g/mol. The monoisotopic (exact) mass is 326 g/mol.